The second kappa shape index (κ2) is 8.15. The lowest BCUT2D eigenvalue weighted by Crippen LogP contribution is -2.31. The van der Waals surface area contributed by atoms with E-state index in [1.807, 2.05) is 30.3 Å². The van der Waals surface area contributed by atoms with Gasteiger partial charge in [-0.05, 0) is 43.4 Å². The van der Waals surface area contributed by atoms with E-state index in [9.17, 15) is 0 Å². The predicted octanol–water partition coefficient (Wildman–Crippen LogP) is 3.87. The lowest BCUT2D eigenvalue weighted by Gasteiger charge is -2.28. The zero-order valence-electron chi connectivity index (χ0n) is 12.0. The second-order valence-corrected chi connectivity index (χ2v) is 5.21. The van der Waals surface area contributed by atoms with Crippen LogP contribution in [0.1, 0.15) is 40.0 Å². The fraction of sp³-hybridized carbons (Fsp3) is 0.625. The van der Waals surface area contributed by atoms with E-state index in [2.05, 4.69) is 26.1 Å². The standard InChI is InChI=1S/C16H27NO/c1-4-16(3,14-17-5-2)12-9-13-18-15-10-7-6-8-11-15/h6-8,10-11,17H,4-5,9,12-14H2,1-3H3. The van der Waals surface area contributed by atoms with Gasteiger partial charge in [0.2, 0.25) is 0 Å². The predicted molar refractivity (Wildman–Crippen MR) is 78.1 cm³/mol. The van der Waals surface area contributed by atoms with Gasteiger partial charge in [-0.3, -0.25) is 0 Å². The molecule has 1 unspecified atom stereocenters. The van der Waals surface area contributed by atoms with Gasteiger partial charge in [0.1, 0.15) is 5.75 Å². The smallest absolute Gasteiger partial charge is 0.119 e. The number of ether oxygens (including phenoxy) is 1. The molecule has 1 rings (SSSR count). The first kappa shape index (κ1) is 15.0. The van der Waals surface area contributed by atoms with Crippen LogP contribution >= 0.6 is 0 Å². The van der Waals surface area contributed by atoms with Crippen LogP contribution in [0.15, 0.2) is 30.3 Å². The molecule has 0 aliphatic rings. The summed E-state index contributed by atoms with van der Waals surface area (Å²) in [5, 5.41) is 3.46. The highest BCUT2D eigenvalue weighted by Crippen LogP contribution is 2.26. The number of nitrogens with one attached hydrogen (secondary N) is 1. The fourth-order valence-electron chi connectivity index (χ4n) is 2.02. The number of rotatable bonds is 9. The minimum Gasteiger partial charge on any atom is -0.494 e. The maximum atomic E-state index is 5.73. The molecule has 1 N–H and O–H groups in total. The fourth-order valence-corrected chi connectivity index (χ4v) is 2.02. The Balaban J connectivity index is 2.23. The molecule has 0 saturated heterocycles. The molecule has 0 fully saturated rings. The SMILES string of the molecule is CCNCC(C)(CC)CCCOc1ccccc1. The average molecular weight is 249 g/mol. The van der Waals surface area contributed by atoms with Crippen molar-refractivity contribution in [3.8, 4) is 5.75 Å². The van der Waals surface area contributed by atoms with Crippen LogP contribution in [0.5, 0.6) is 5.75 Å². The number of para-hydroxylation sites is 1. The van der Waals surface area contributed by atoms with Crippen LogP contribution in [0, 0.1) is 5.41 Å². The number of benzene rings is 1. The van der Waals surface area contributed by atoms with Gasteiger partial charge < -0.3 is 10.1 Å². The van der Waals surface area contributed by atoms with Gasteiger partial charge in [-0.25, -0.2) is 0 Å². The van der Waals surface area contributed by atoms with Crippen LogP contribution in [0.3, 0.4) is 0 Å². The van der Waals surface area contributed by atoms with Gasteiger partial charge in [-0.2, -0.15) is 0 Å². The Morgan fingerprint density at radius 1 is 1.17 bits per heavy atom. The molecule has 102 valence electrons. The van der Waals surface area contributed by atoms with Crippen LogP contribution in [-0.2, 0) is 0 Å². The van der Waals surface area contributed by atoms with Gasteiger partial charge in [-0.1, -0.05) is 39.0 Å². The van der Waals surface area contributed by atoms with E-state index in [-0.39, 0.29) is 0 Å². The van der Waals surface area contributed by atoms with Crippen LogP contribution in [0.2, 0.25) is 0 Å². The molecule has 0 heterocycles. The Kier molecular flexibility index (Phi) is 6.81. The molecule has 0 aromatic heterocycles. The Morgan fingerprint density at radius 2 is 1.89 bits per heavy atom. The Bertz CT molecular complexity index is 312. The maximum Gasteiger partial charge on any atom is 0.119 e. The quantitative estimate of drug-likeness (QED) is 0.671. The van der Waals surface area contributed by atoms with Gasteiger partial charge in [0.25, 0.3) is 0 Å². The van der Waals surface area contributed by atoms with E-state index >= 15 is 0 Å². The molecule has 0 aliphatic heterocycles. The zero-order chi connectivity index (χ0) is 13.3. The molecular formula is C16H27NO. The summed E-state index contributed by atoms with van der Waals surface area (Å²) in [4.78, 5) is 0. The minimum absolute atomic E-state index is 0.399. The normalized spacial score (nSPS) is 14.2. The molecule has 0 aliphatic carbocycles. The van der Waals surface area contributed by atoms with Gasteiger partial charge in [0.15, 0.2) is 0 Å². The molecule has 1 atom stereocenters. The minimum atomic E-state index is 0.399. The summed E-state index contributed by atoms with van der Waals surface area (Å²) in [5.74, 6) is 0.974. The lowest BCUT2D eigenvalue weighted by atomic mass is 9.83. The van der Waals surface area contributed by atoms with Crippen LogP contribution in [0.4, 0.5) is 0 Å². The maximum absolute atomic E-state index is 5.73. The molecule has 0 amide bonds. The third-order valence-corrected chi connectivity index (χ3v) is 3.59. The molecule has 0 spiro atoms. The van der Waals surface area contributed by atoms with Crippen LogP contribution in [0.25, 0.3) is 0 Å². The van der Waals surface area contributed by atoms with Crippen molar-refractivity contribution < 1.29 is 4.74 Å². The van der Waals surface area contributed by atoms with Crippen molar-refractivity contribution in [1.82, 2.24) is 5.32 Å². The summed E-state index contributed by atoms with van der Waals surface area (Å²) in [6.07, 6.45) is 3.54. The summed E-state index contributed by atoms with van der Waals surface area (Å²) < 4.78 is 5.73. The first-order valence-electron chi connectivity index (χ1n) is 7.09. The third kappa shape index (κ3) is 5.54. The summed E-state index contributed by atoms with van der Waals surface area (Å²) in [7, 11) is 0. The molecular weight excluding hydrogens is 222 g/mol. The summed E-state index contributed by atoms with van der Waals surface area (Å²) in [6, 6.07) is 10.1. The first-order chi connectivity index (χ1) is 8.70. The summed E-state index contributed by atoms with van der Waals surface area (Å²) in [5.41, 5.74) is 0.399. The molecule has 1 aromatic rings. The lowest BCUT2D eigenvalue weighted by molar-refractivity contribution is 0.228. The summed E-state index contributed by atoms with van der Waals surface area (Å²) >= 11 is 0. The van der Waals surface area contributed by atoms with Crippen LogP contribution < -0.4 is 10.1 Å². The number of hydrogen-bond acceptors (Lipinski definition) is 2. The number of hydrogen-bond donors (Lipinski definition) is 1. The Morgan fingerprint density at radius 3 is 2.50 bits per heavy atom. The molecule has 2 nitrogen and oxygen atoms in total. The molecule has 18 heavy (non-hydrogen) atoms. The van der Waals surface area contributed by atoms with Gasteiger partial charge in [-0.15, -0.1) is 0 Å². The highest BCUT2D eigenvalue weighted by Gasteiger charge is 2.20. The largest absolute Gasteiger partial charge is 0.494 e. The third-order valence-electron chi connectivity index (χ3n) is 3.59. The topological polar surface area (TPSA) is 21.3 Å². The molecule has 0 bridgehead atoms. The van der Waals surface area contributed by atoms with Crippen molar-refractivity contribution in [2.75, 3.05) is 19.7 Å². The summed E-state index contributed by atoms with van der Waals surface area (Å²) in [6.45, 7) is 9.76. The van der Waals surface area contributed by atoms with Crippen molar-refractivity contribution in [3.63, 3.8) is 0 Å². The molecule has 0 saturated carbocycles. The van der Waals surface area contributed by atoms with Crippen molar-refractivity contribution in [2.45, 2.75) is 40.0 Å². The highest BCUT2D eigenvalue weighted by atomic mass is 16.5. The van der Waals surface area contributed by atoms with Gasteiger partial charge >= 0.3 is 0 Å². The Labute approximate surface area is 112 Å². The Hall–Kier alpha value is -1.02. The zero-order valence-corrected chi connectivity index (χ0v) is 12.0. The van der Waals surface area contributed by atoms with Crippen molar-refractivity contribution in [3.05, 3.63) is 30.3 Å². The molecule has 0 radical (unpaired) electrons. The van der Waals surface area contributed by atoms with E-state index < -0.39 is 0 Å². The monoisotopic (exact) mass is 249 g/mol. The molecule has 1 aromatic carbocycles. The van der Waals surface area contributed by atoms with Crippen molar-refractivity contribution >= 4 is 0 Å². The van der Waals surface area contributed by atoms with Gasteiger partial charge in [0.05, 0.1) is 6.61 Å². The first-order valence-corrected chi connectivity index (χ1v) is 7.09. The van der Waals surface area contributed by atoms with Gasteiger partial charge in [0, 0.05) is 6.54 Å². The van der Waals surface area contributed by atoms with Crippen LogP contribution in [-0.4, -0.2) is 19.7 Å². The van der Waals surface area contributed by atoms with E-state index in [1.165, 1.54) is 12.8 Å². The van der Waals surface area contributed by atoms with E-state index in [1.54, 1.807) is 0 Å². The molecule has 2 heteroatoms. The van der Waals surface area contributed by atoms with E-state index in [0.29, 0.717) is 5.41 Å². The van der Waals surface area contributed by atoms with E-state index in [0.717, 1.165) is 31.9 Å². The second-order valence-electron chi connectivity index (χ2n) is 5.21. The van der Waals surface area contributed by atoms with Crippen molar-refractivity contribution in [2.24, 2.45) is 5.41 Å². The van der Waals surface area contributed by atoms with Crippen molar-refractivity contribution in [1.29, 1.82) is 0 Å². The van der Waals surface area contributed by atoms with E-state index in [4.69, 9.17) is 4.74 Å². The highest BCUT2D eigenvalue weighted by molar-refractivity contribution is 5.20. The average Bonchev–Trinajstić information content (AvgIpc) is 2.43.